The summed E-state index contributed by atoms with van der Waals surface area (Å²) in [5, 5.41) is 8.01. The molecule has 3 aromatic rings. The summed E-state index contributed by atoms with van der Waals surface area (Å²) in [5.74, 6) is 0.415. The molecule has 1 aliphatic rings. The van der Waals surface area contributed by atoms with E-state index in [0.29, 0.717) is 17.0 Å². The van der Waals surface area contributed by atoms with Crippen LogP contribution in [0.4, 0.5) is 4.39 Å². The van der Waals surface area contributed by atoms with Crippen LogP contribution in [0.2, 0.25) is 0 Å². The first-order chi connectivity index (χ1) is 14.6. The van der Waals surface area contributed by atoms with Gasteiger partial charge in [0, 0.05) is 30.1 Å². The number of aliphatic imine (C=N–C) groups is 2. The zero-order chi connectivity index (χ0) is 21.1. The topological polar surface area (TPSA) is 95.5 Å². The number of pyridine rings is 1. The lowest BCUT2D eigenvalue weighted by Crippen LogP contribution is -2.38. The summed E-state index contributed by atoms with van der Waals surface area (Å²) in [4.78, 5) is 15.3. The molecule has 0 radical (unpaired) electrons. The van der Waals surface area contributed by atoms with Gasteiger partial charge >= 0.3 is 0 Å². The van der Waals surface area contributed by atoms with E-state index in [4.69, 9.17) is 10.7 Å². The van der Waals surface area contributed by atoms with Crippen LogP contribution < -0.4 is 5.73 Å². The SMILES string of the molecule is C=N/C=C(\N=C(C)c1cc2c(-c3ccccc3F)n[nH]c2cn1)N1CCC(N)CC1. The van der Waals surface area contributed by atoms with Crippen molar-refractivity contribution in [1.29, 1.82) is 0 Å². The van der Waals surface area contributed by atoms with Crippen LogP contribution in [-0.2, 0) is 0 Å². The molecule has 7 nitrogen and oxygen atoms in total. The van der Waals surface area contributed by atoms with Crippen molar-refractivity contribution in [3.63, 3.8) is 0 Å². The lowest BCUT2D eigenvalue weighted by molar-refractivity contribution is 0.261. The molecule has 0 unspecified atom stereocenters. The van der Waals surface area contributed by atoms with Crippen LogP contribution in [0.5, 0.6) is 0 Å². The van der Waals surface area contributed by atoms with Gasteiger partial charge in [-0.15, -0.1) is 0 Å². The van der Waals surface area contributed by atoms with Crippen molar-refractivity contribution < 1.29 is 4.39 Å². The second-order valence-corrected chi connectivity index (χ2v) is 7.36. The van der Waals surface area contributed by atoms with Crippen molar-refractivity contribution >= 4 is 23.3 Å². The number of likely N-dealkylation sites (tertiary alicyclic amines) is 1. The Morgan fingerprint density at radius 1 is 1.33 bits per heavy atom. The Balaban J connectivity index is 1.70. The fourth-order valence-corrected chi connectivity index (χ4v) is 3.59. The minimum absolute atomic E-state index is 0.228. The normalized spacial score (nSPS) is 16.3. The second kappa shape index (κ2) is 8.54. The average Bonchev–Trinajstić information content (AvgIpc) is 3.17. The van der Waals surface area contributed by atoms with Gasteiger partial charge < -0.3 is 10.6 Å². The largest absolute Gasteiger partial charge is 0.355 e. The number of aromatic amines is 1. The van der Waals surface area contributed by atoms with Gasteiger partial charge in [0.1, 0.15) is 17.3 Å². The molecule has 2 aromatic heterocycles. The average molecular weight is 405 g/mol. The Morgan fingerprint density at radius 3 is 2.83 bits per heavy atom. The van der Waals surface area contributed by atoms with Gasteiger partial charge in [0.25, 0.3) is 0 Å². The number of nitrogens with one attached hydrogen (secondary N) is 1. The van der Waals surface area contributed by atoms with E-state index in [1.165, 1.54) is 6.07 Å². The lowest BCUT2D eigenvalue weighted by atomic mass is 10.1. The number of hydrogen-bond donors (Lipinski definition) is 2. The maximum absolute atomic E-state index is 14.3. The zero-order valence-corrected chi connectivity index (χ0v) is 16.8. The molecule has 3 heterocycles. The van der Waals surface area contributed by atoms with E-state index in [1.807, 2.05) is 13.0 Å². The van der Waals surface area contributed by atoms with Crippen LogP contribution in [0, 0.1) is 5.82 Å². The van der Waals surface area contributed by atoms with Gasteiger partial charge in [0.2, 0.25) is 0 Å². The van der Waals surface area contributed by atoms with Gasteiger partial charge in [-0.3, -0.25) is 15.1 Å². The van der Waals surface area contributed by atoms with Crippen LogP contribution in [-0.4, -0.2) is 51.6 Å². The zero-order valence-electron chi connectivity index (χ0n) is 16.8. The van der Waals surface area contributed by atoms with Gasteiger partial charge in [0.15, 0.2) is 0 Å². The van der Waals surface area contributed by atoms with Gasteiger partial charge in [-0.25, -0.2) is 9.38 Å². The molecule has 4 rings (SSSR count). The minimum Gasteiger partial charge on any atom is -0.355 e. The van der Waals surface area contributed by atoms with Crippen LogP contribution in [0.1, 0.15) is 25.5 Å². The number of rotatable bonds is 5. The highest BCUT2D eigenvalue weighted by molar-refractivity contribution is 6.02. The van der Waals surface area contributed by atoms with E-state index in [1.54, 1.807) is 30.6 Å². The van der Waals surface area contributed by atoms with Crippen LogP contribution in [0.15, 0.2) is 58.5 Å². The Kier molecular flexibility index (Phi) is 5.67. The highest BCUT2D eigenvalue weighted by atomic mass is 19.1. The summed E-state index contributed by atoms with van der Waals surface area (Å²) >= 11 is 0. The molecule has 1 aliphatic heterocycles. The number of aromatic nitrogens is 3. The third-order valence-electron chi connectivity index (χ3n) is 5.30. The number of nitrogens with zero attached hydrogens (tertiary/aromatic N) is 5. The van der Waals surface area contributed by atoms with Gasteiger partial charge in [-0.05, 0) is 44.7 Å². The number of nitrogens with two attached hydrogens (primary N) is 1. The number of hydrogen-bond acceptors (Lipinski definition) is 6. The van der Waals surface area contributed by atoms with Crippen molar-refractivity contribution in [2.45, 2.75) is 25.8 Å². The van der Waals surface area contributed by atoms with Crippen LogP contribution in [0.3, 0.4) is 0 Å². The maximum atomic E-state index is 14.3. The quantitative estimate of drug-likeness (QED) is 0.635. The Labute approximate surface area is 174 Å². The van der Waals surface area contributed by atoms with Crippen molar-refractivity contribution in [1.82, 2.24) is 20.1 Å². The molecule has 3 N–H and O–H groups in total. The van der Waals surface area contributed by atoms with Crippen LogP contribution >= 0.6 is 0 Å². The van der Waals surface area contributed by atoms with Gasteiger partial charge in [-0.2, -0.15) is 5.10 Å². The highest BCUT2D eigenvalue weighted by Crippen LogP contribution is 2.28. The van der Waals surface area contributed by atoms with E-state index in [9.17, 15) is 4.39 Å². The summed E-state index contributed by atoms with van der Waals surface area (Å²) in [5.41, 5.74) is 9.15. The number of benzene rings is 1. The molecule has 0 saturated carbocycles. The molecular formula is C22H24FN7. The minimum atomic E-state index is -0.319. The van der Waals surface area contributed by atoms with Crippen molar-refractivity contribution in [2.24, 2.45) is 15.7 Å². The predicted octanol–water partition coefficient (Wildman–Crippen LogP) is 3.50. The van der Waals surface area contributed by atoms with E-state index in [-0.39, 0.29) is 11.9 Å². The molecule has 0 bridgehead atoms. The number of H-pyrrole nitrogens is 1. The van der Waals surface area contributed by atoms with Crippen molar-refractivity contribution in [3.05, 3.63) is 60.1 Å². The Morgan fingerprint density at radius 2 is 2.10 bits per heavy atom. The first-order valence-corrected chi connectivity index (χ1v) is 9.88. The molecule has 0 amide bonds. The van der Waals surface area contributed by atoms with Crippen molar-refractivity contribution in [2.75, 3.05) is 13.1 Å². The first kappa shape index (κ1) is 19.9. The molecule has 0 aliphatic carbocycles. The third-order valence-corrected chi connectivity index (χ3v) is 5.30. The Hall–Kier alpha value is -3.39. The highest BCUT2D eigenvalue weighted by Gasteiger charge is 2.19. The molecule has 0 atom stereocenters. The molecule has 1 fully saturated rings. The van der Waals surface area contributed by atoms with E-state index >= 15 is 0 Å². The summed E-state index contributed by atoms with van der Waals surface area (Å²) in [6.45, 7) is 7.11. The monoisotopic (exact) mass is 405 g/mol. The summed E-state index contributed by atoms with van der Waals surface area (Å²) in [6, 6.07) is 8.69. The molecule has 1 aromatic carbocycles. The molecule has 0 spiro atoms. The third kappa shape index (κ3) is 3.99. The number of halogens is 1. The number of fused-ring (bicyclic) bond motifs is 1. The first-order valence-electron chi connectivity index (χ1n) is 9.88. The fourth-order valence-electron chi connectivity index (χ4n) is 3.59. The van der Waals surface area contributed by atoms with Gasteiger partial charge in [0.05, 0.1) is 29.3 Å². The number of piperidine rings is 1. The van der Waals surface area contributed by atoms with E-state index in [0.717, 1.165) is 48.4 Å². The molecular weight excluding hydrogens is 381 g/mol. The molecule has 154 valence electrons. The predicted molar refractivity (Wildman–Crippen MR) is 118 cm³/mol. The molecule has 1 saturated heterocycles. The molecule has 30 heavy (non-hydrogen) atoms. The fraction of sp³-hybridized carbons (Fsp3) is 0.273. The van der Waals surface area contributed by atoms with Crippen LogP contribution in [0.25, 0.3) is 22.2 Å². The smallest absolute Gasteiger partial charge is 0.147 e. The lowest BCUT2D eigenvalue weighted by Gasteiger charge is -2.31. The van der Waals surface area contributed by atoms with E-state index in [2.05, 4.69) is 31.8 Å². The standard InChI is InChI=1S/C22H24FN7/c1-14(27-21(13-25-2)30-9-7-15(24)8-10-30)19-11-17-20(12-26-19)28-29-22(17)16-5-3-4-6-18(16)23/h3-6,11-13,15H,2,7-10,24H2,1H3,(H,28,29)/b21-13+,27-14?. The summed E-state index contributed by atoms with van der Waals surface area (Å²) < 4.78 is 14.3. The van der Waals surface area contributed by atoms with E-state index < -0.39 is 0 Å². The summed E-state index contributed by atoms with van der Waals surface area (Å²) in [7, 11) is 0. The summed E-state index contributed by atoms with van der Waals surface area (Å²) in [6.07, 6.45) is 5.17. The maximum Gasteiger partial charge on any atom is 0.147 e. The van der Waals surface area contributed by atoms with Gasteiger partial charge in [-0.1, -0.05) is 12.1 Å². The molecule has 8 heteroatoms. The second-order valence-electron chi connectivity index (χ2n) is 7.36. The Bertz CT molecular complexity index is 1120. The van der Waals surface area contributed by atoms with Crippen molar-refractivity contribution in [3.8, 4) is 11.3 Å².